The predicted octanol–water partition coefficient (Wildman–Crippen LogP) is 8.22. The smallest absolute Gasteiger partial charge is 0.311 e. The Morgan fingerprint density at radius 1 is 0.697 bits per heavy atom. The number of carbonyl (C=O) groups is 2. The summed E-state index contributed by atoms with van der Waals surface area (Å²) >= 11 is 0. The van der Waals surface area contributed by atoms with E-state index in [9.17, 15) is 9.59 Å². The van der Waals surface area contributed by atoms with Crippen LogP contribution in [0.3, 0.4) is 0 Å². The number of amides is 1. The lowest BCUT2D eigenvalue weighted by molar-refractivity contribution is -0.148. The molecular formula is C29H55NO3. The lowest BCUT2D eigenvalue weighted by atomic mass is 10.0. The van der Waals surface area contributed by atoms with E-state index in [-0.39, 0.29) is 17.8 Å². The first-order chi connectivity index (χ1) is 16.2. The van der Waals surface area contributed by atoms with Crippen LogP contribution < -0.4 is 0 Å². The molecule has 194 valence electrons. The van der Waals surface area contributed by atoms with Crippen molar-refractivity contribution >= 4 is 11.9 Å². The van der Waals surface area contributed by atoms with Gasteiger partial charge in [0.15, 0.2) is 0 Å². The number of carbonyl (C=O) groups excluding carboxylic acids is 2. The molecule has 0 saturated carbocycles. The molecule has 0 radical (unpaired) electrons. The van der Waals surface area contributed by atoms with Crippen molar-refractivity contribution in [3.05, 3.63) is 0 Å². The van der Waals surface area contributed by atoms with Crippen LogP contribution in [0.15, 0.2) is 0 Å². The summed E-state index contributed by atoms with van der Waals surface area (Å²) < 4.78 is 5.39. The van der Waals surface area contributed by atoms with Gasteiger partial charge in [-0.1, -0.05) is 129 Å². The van der Waals surface area contributed by atoms with E-state index >= 15 is 0 Å². The number of hydrogen-bond donors (Lipinski definition) is 0. The van der Waals surface area contributed by atoms with E-state index in [4.69, 9.17) is 4.74 Å². The summed E-state index contributed by atoms with van der Waals surface area (Å²) in [5, 5.41) is 0. The molecule has 1 atom stereocenters. The van der Waals surface area contributed by atoms with Crippen molar-refractivity contribution in [3.63, 3.8) is 0 Å². The molecule has 33 heavy (non-hydrogen) atoms. The lowest BCUT2D eigenvalue weighted by Gasteiger charge is -2.16. The van der Waals surface area contributed by atoms with Crippen molar-refractivity contribution in [1.29, 1.82) is 0 Å². The van der Waals surface area contributed by atoms with Crippen molar-refractivity contribution in [2.24, 2.45) is 5.92 Å². The van der Waals surface area contributed by atoms with Gasteiger partial charge in [-0.05, 0) is 12.8 Å². The van der Waals surface area contributed by atoms with Crippen molar-refractivity contribution in [3.8, 4) is 0 Å². The minimum atomic E-state index is -0.246. The van der Waals surface area contributed by atoms with Crippen molar-refractivity contribution in [2.45, 2.75) is 149 Å². The minimum Gasteiger partial charge on any atom is -0.465 e. The summed E-state index contributed by atoms with van der Waals surface area (Å²) in [5.41, 5.74) is 0. The highest BCUT2D eigenvalue weighted by atomic mass is 16.5. The maximum atomic E-state index is 12.2. The van der Waals surface area contributed by atoms with Gasteiger partial charge in [-0.3, -0.25) is 9.59 Å². The first-order valence-electron chi connectivity index (χ1n) is 14.6. The average Bonchev–Trinajstić information content (AvgIpc) is 3.19. The van der Waals surface area contributed by atoms with Crippen LogP contribution >= 0.6 is 0 Å². The highest BCUT2D eigenvalue weighted by Crippen LogP contribution is 2.20. The molecule has 1 saturated heterocycles. The van der Waals surface area contributed by atoms with Gasteiger partial charge in [0.25, 0.3) is 0 Å². The Kier molecular flexibility index (Phi) is 19.5. The molecule has 1 aliphatic rings. The molecule has 1 fully saturated rings. The van der Waals surface area contributed by atoms with Gasteiger partial charge in [0.05, 0.1) is 12.5 Å². The number of hydrogen-bond acceptors (Lipinski definition) is 3. The Labute approximate surface area is 205 Å². The summed E-state index contributed by atoms with van der Waals surface area (Å²) in [6.07, 6.45) is 26.5. The highest BCUT2D eigenvalue weighted by molar-refractivity contribution is 5.86. The summed E-state index contributed by atoms with van der Waals surface area (Å²) in [4.78, 5) is 26.3. The fourth-order valence-corrected chi connectivity index (χ4v) is 4.82. The van der Waals surface area contributed by atoms with Gasteiger partial charge in [0, 0.05) is 19.5 Å². The molecule has 0 aromatic heterocycles. The fraction of sp³-hybridized carbons (Fsp3) is 0.931. The molecule has 0 aliphatic carbocycles. The lowest BCUT2D eigenvalue weighted by Crippen LogP contribution is -2.27. The molecule has 1 heterocycles. The molecule has 1 aliphatic heterocycles. The van der Waals surface area contributed by atoms with Crippen molar-refractivity contribution in [1.82, 2.24) is 4.90 Å². The van der Waals surface area contributed by atoms with Crippen LogP contribution in [0, 0.1) is 5.92 Å². The normalized spacial score (nSPS) is 16.0. The van der Waals surface area contributed by atoms with Gasteiger partial charge in [-0.2, -0.15) is 0 Å². The summed E-state index contributed by atoms with van der Waals surface area (Å²) in [5.74, 6) is -0.289. The van der Waals surface area contributed by atoms with Gasteiger partial charge in [-0.25, -0.2) is 0 Å². The molecule has 4 heteroatoms. The third kappa shape index (κ3) is 16.2. The maximum Gasteiger partial charge on any atom is 0.311 e. The molecule has 4 nitrogen and oxygen atoms in total. The Morgan fingerprint density at radius 3 is 1.61 bits per heavy atom. The molecule has 1 rings (SSSR count). The summed E-state index contributed by atoms with van der Waals surface area (Å²) in [6.45, 7) is 6.32. The third-order valence-corrected chi connectivity index (χ3v) is 7.07. The first-order valence-corrected chi connectivity index (χ1v) is 14.6. The number of unbranched alkanes of at least 4 members (excludes halogenated alkanes) is 18. The molecule has 1 amide bonds. The topological polar surface area (TPSA) is 46.6 Å². The van der Waals surface area contributed by atoms with Crippen LogP contribution in [0.2, 0.25) is 0 Å². The monoisotopic (exact) mass is 465 g/mol. The second kappa shape index (κ2) is 21.5. The van der Waals surface area contributed by atoms with Crippen molar-refractivity contribution < 1.29 is 14.3 Å². The Morgan fingerprint density at radius 2 is 1.12 bits per heavy atom. The Hall–Kier alpha value is -1.06. The summed E-state index contributed by atoms with van der Waals surface area (Å²) in [6, 6.07) is 0. The predicted molar refractivity (Wildman–Crippen MR) is 139 cm³/mol. The van der Waals surface area contributed by atoms with E-state index in [2.05, 4.69) is 13.8 Å². The van der Waals surface area contributed by atoms with Gasteiger partial charge in [0.1, 0.15) is 0 Å². The zero-order valence-corrected chi connectivity index (χ0v) is 22.2. The van der Waals surface area contributed by atoms with Gasteiger partial charge in [-0.15, -0.1) is 0 Å². The van der Waals surface area contributed by atoms with Gasteiger partial charge in [0.2, 0.25) is 5.91 Å². The molecule has 0 aromatic carbocycles. The second-order valence-corrected chi connectivity index (χ2v) is 10.3. The van der Waals surface area contributed by atoms with Crippen LogP contribution in [-0.2, 0) is 14.3 Å². The van der Waals surface area contributed by atoms with E-state index in [1.807, 2.05) is 4.90 Å². The largest absolute Gasteiger partial charge is 0.465 e. The zero-order valence-electron chi connectivity index (χ0n) is 22.2. The van der Waals surface area contributed by atoms with E-state index in [1.165, 1.54) is 109 Å². The van der Waals surface area contributed by atoms with E-state index < -0.39 is 0 Å². The number of esters is 1. The van der Waals surface area contributed by atoms with E-state index in [0.717, 1.165) is 25.8 Å². The molecule has 0 bridgehead atoms. The van der Waals surface area contributed by atoms with Gasteiger partial charge < -0.3 is 9.64 Å². The zero-order chi connectivity index (χ0) is 24.0. The molecule has 1 unspecified atom stereocenters. The second-order valence-electron chi connectivity index (χ2n) is 10.3. The number of ether oxygens (including phenoxy) is 1. The summed E-state index contributed by atoms with van der Waals surface area (Å²) in [7, 11) is 0. The number of rotatable bonds is 23. The first kappa shape index (κ1) is 30.0. The minimum absolute atomic E-state index is 0.129. The highest BCUT2D eigenvalue weighted by Gasteiger charge is 2.34. The third-order valence-electron chi connectivity index (χ3n) is 7.07. The van der Waals surface area contributed by atoms with Crippen LogP contribution in [-0.4, -0.2) is 36.5 Å². The van der Waals surface area contributed by atoms with Crippen LogP contribution in [0.1, 0.15) is 149 Å². The van der Waals surface area contributed by atoms with E-state index in [1.54, 1.807) is 0 Å². The van der Waals surface area contributed by atoms with Crippen LogP contribution in [0.25, 0.3) is 0 Å². The quantitative estimate of drug-likeness (QED) is 0.113. The Bertz CT molecular complexity index is 479. The molecule has 0 aromatic rings. The van der Waals surface area contributed by atoms with Crippen LogP contribution in [0.5, 0.6) is 0 Å². The standard InChI is InChI=1S/C29H55NO3/c1-3-5-7-9-10-11-12-13-14-15-16-17-18-19-20-21-23-30-26-27(25-28(30)31)29(32)33-24-22-8-6-4-2/h27H,3-26H2,1-2H3. The number of nitrogens with zero attached hydrogens (tertiary/aromatic N) is 1. The fourth-order valence-electron chi connectivity index (χ4n) is 4.82. The van der Waals surface area contributed by atoms with Gasteiger partial charge >= 0.3 is 5.97 Å². The number of likely N-dealkylation sites (tertiary alicyclic amines) is 1. The maximum absolute atomic E-state index is 12.2. The molecule has 0 spiro atoms. The van der Waals surface area contributed by atoms with Crippen molar-refractivity contribution in [2.75, 3.05) is 19.7 Å². The molecule has 0 N–H and O–H groups in total. The average molecular weight is 466 g/mol. The van der Waals surface area contributed by atoms with E-state index in [0.29, 0.717) is 19.6 Å². The van der Waals surface area contributed by atoms with Crippen LogP contribution in [0.4, 0.5) is 0 Å². The Balaban J connectivity index is 1.88. The SMILES string of the molecule is CCCCCCCCCCCCCCCCCCN1CC(C(=O)OCCCCCC)CC1=O. The molecular weight excluding hydrogens is 410 g/mol.